The summed E-state index contributed by atoms with van der Waals surface area (Å²) in [6.45, 7) is 2.58. The molecule has 2 N–H and O–H groups in total. The Labute approximate surface area is 157 Å². The lowest BCUT2D eigenvalue weighted by Gasteiger charge is -2.26. The molecule has 27 heavy (non-hydrogen) atoms. The predicted octanol–water partition coefficient (Wildman–Crippen LogP) is 2.93. The molecule has 4 rings (SSSR count). The second-order valence-corrected chi connectivity index (χ2v) is 7.24. The highest BCUT2D eigenvalue weighted by Gasteiger charge is 2.34. The van der Waals surface area contributed by atoms with E-state index >= 15 is 0 Å². The van der Waals surface area contributed by atoms with E-state index < -0.39 is 5.41 Å². The molecule has 0 bridgehead atoms. The van der Waals surface area contributed by atoms with Crippen molar-refractivity contribution < 1.29 is 4.79 Å². The maximum absolute atomic E-state index is 12.6. The van der Waals surface area contributed by atoms with Crippen LogP contribution >= 0.6 is 0 Å². The van der Waals surface area contributed by atoms with Gasteiger partial charge >= 0.3 is 0 Å². The number of benzene rings is 1. The summed E-state index contributed by atoms with van der Waals surface area (Å²) in [6, 6.07) is 12.4. The summed E-state index contributed by atoms with van der Waals surface area (Å²) >= 11 is 0. The molecule has 1 aromatic carbocycles. The second kappa shape index (κ2) is 6.72. The third-order valence-corrected chi connectivity index (χ3v) is 5.01. The number of H-pyrrole nitrogens is 1. The molecule has 1 unspecified atom stereocenters. The number of fused-ring (bicyclic) bond motifs is 1. The summed E-state index contributed by atoms with van der Waals surface area (Å²) < 4.78 is 1.78. The van der Waals surface area contributed by atoms with Crippen LogP contribution in [-0.2, 0) is 19.4 Å². The van der Waals surface area contributed by atoms with Gasteiger partial charge in [0.25, 0.3) is 5.91 Å². The molecule has 2 aromatic heterocycles. The van der Waals surface area contributed by atoms with Gasteiger partial charge in [-0.1, -0.05) is 30.3 Å². The van der Waals surface area contributed by atoms with Gasteiger partial charge in [0.15, 0.2) is 5.69 Å². The van der Waals surface area contributed by atoms with Crippen LogP contribution in [0.25, 0.3) is 0 Å². The van der Waals surface area contributed by atoms with Crippen molar-refractivity contribution in [1.82, 2.24) is 20.0 Å². The molecule has 1 amide bonds. The molecule has 0 fully saturated rings. The van der Waals surface area contributed by atoms with Crippen molar-refractivity contribution in [2.24, 2.45) is 5.41 Å². The molecular formula is C20H20N6O. The molecule has 0 aliphatic heterocycles. The first kappa shape index (κ1) is 17.0. The highest BCUT2D eigenvalue weighted by Crippen LogP contribution is 2.35. The summed E-state index contributed by atoms with van der Waals surface area (Å²) in [5.41, 5.74) is 3.57. The molecule has 1 atom stereocenters. The molecule has 7 nitrogen and oxygen atoms in total. The number of aromatic amines is 1. The van der Waals surface area contributed by atoms with Gasteiger partial charge in [0.05, 0.1) is 29.9 Å². The van der Waals surface area contributed by atoms with Crippen molar-refractivity contribution in [1.29, 1.82) is 5.26 Å². The van der Waals surface area contributed by atoms with Crippen LogP contribution in [0.1, 0.15) is 40.7 Å². The number of carbonyl (C=O) groups excluding carboxylic acids is 1. The van der Waals surface area contributed by atoms with Crippen molar-refractivity contribution in [3.8, 4) is 6.07 Å². The maximum atomic E-state index is 12.6. The maximum Gasteiger partial charge on any atom is 0.276 e. The van der Waals surface area contributed by atoms with Gasteiger partial charge in [-0.3, -0.25) is 14.6 Å². The number of hydrogen-bond donors (Lipinski definition) is 2. The highest BCUT2D eigenvalue weighted by molar-refractivity contribution is 6.03. The number of nitrogens with zero attached hydrogens (tertiary/aromatic N) is 4. The van der Waals surface area contributed by atoms with E-state index in [4.69, 9.17) is 0 Å². The standard InChI is InChI=1S/C20H20N6O/c1-20(13-21)8-7-16-17(9-20)24-25-18(16)19(27)23-15-10-22-26(12-15)11-14-5-3-2-4-6-14/h2-6,10,12H,7-9,11H2,1H3,(H,23,27)(H,24,25). The lowest BCUT2D eigenvalue weighted by atomic mass is 9.76. The zero-order chi connectivity index (χ0) is 18.9. The van der Waals surface area contributed by atoms with E-state index in [1.165, 1.54) is 0 Å². The van der Waals surface area contributed by atoms with Crippen LogP contribution in [0.5, 0.6) is 0 Å². The van der Waals surface area contributed by atoms with Crippen LogP contribution in [-0.4, -0.2) is 25.9 Å². The van der Waals surface area contributed by atoms with Gasteiger partial charge in [-0.05, 0) is 25.3 Å². The van der Waals surface area contributed by atoms with Crippen LogP contribution in [0.3, 0.4) is 0 Å². The summed E-state index contributed by atoms with van der Waals surface area (Å²) in [7, 11) is 0. The van der Waals surface area contributed by atoms with Crippen LogP contribution in [0.4, 0.5) is 5.69 Å². The predicted molar refractivity (Wildman–Crippen MR) is 100 cm³/mol. The number of nitrogens with one attached hydrogen (secondary N) is 2. The summed E-state index contributed by atoms with van der Waals surface area (Å²) in [4.78, 5) is 12.6. The fourth-order valence-electron chi connectivity index (χ4n) is 3.45. The lowest BCUT2D eigenvalue weighted by molar-refractivity contribution is 0.102. The largest absolute Gasteiger partial charge is 0.318 e. The zero-order valence-corrected chi connectivity index (χ0v) is 15.1. The third kappa shape index (κ3) is 3.47. The van der Waals surface area contributed by atoms with Gasteiger partial charge in [-0.15, -0.1) is 0 Å². The van der Waals surface area contributed by atoms with Crippen molar-refractivity contribution in [3.63, 3.8) is 0 Å². The first-order chi connectivity index (χ1) is 13.1. The summed E-state index contributed by atoms with van der Waals surface area (Å²) in [5.74, 6) is -0.257. The zero-order valence-electron chi connectivity index (χ0n) is 15.1. The Kier molecular flexibility index (Phi) is 4.24. The number of carbonyl (C=O) groups is 1. The van der Waals surface area contributed by atoms with Crippen molar-refractivity contribution in [3.05, 3.63) is 65.2 Å². The minimum absolute atomic E-state index is 0.257. The Balaban J connectivity index is 1.46. The molecule has 0 spiro atoms. The number of aromatic nitrogens is 4. The number of nitriles is 1. The fourth-order valence-corrected chi connectivity index (χ4v) is 3.45. The Morgan fingerprint density at radius 3 is 3.00 bits per heavy atom. The average molecular weight is 360 g/mol. The number of hydrogen-bond acceptors (Lipinski definition) is 4. The Morgan fingerprint density at radius 1 is 1.41 bits per heavy atom. The van der Waals surface area contributed by atoms with E-state index in [2.05, 4.69) is 26.7 Å². The fraction of sp³-hybridized carbons (Fsp3) is 0.300. The topological polar surface area (TPSA) is 99.4 Å². The van der Waals surface area contributed by atoms with Crippen molar-refractivity contribution >= 4 is 11.6 Å². The van der Waals surface area contributed by atoms with E-state index in [1.807, 2.05) is 37.3 Å². The number of rotatable bonds is 4. The average Bonchev–Trinajstić information content (AvgIpc) is 3.29. The van der Waals surface area contributed by atoms with Crippen molar-refractivity contribution in [2.45, 2.75) is 32.7 Å². The quantitative estimate of drug-likeness (QED) is 0.747. The molecule has 0 saturated heterocycles. The lowest BCUT2D eigenvalue weighted by Crippen LogP contribution is -2.25. The van der Waals surface area contributed by atoms with E-state index in [0.29, 0.717) is 30.8 Å². The van der Waals surface area contributed by atoms with Crippen molar-refractivity contribution in [2.75, 3.05) is 5.32 Å². The number of anilines is 1. The molecule has 1 aliphatic rings. The monoisotopic (exact) mass is 360 g/mol. The summed E-state index contributed by atoms with van der Waals surface area (Å²) in [5, 5.41) is 23.6. The third-order valence-electron chi connectivity index (χ3n) is 5.01. The van der Waals surface area contributed by atoms with Gasteiger partial charge in [0.2, 0.25) is 0 Å². The molecule has 136 valence electrons. The Bertz CT molecular complexity index is 1010. The molecule has 0 saturated carbocycles. The molecular weight excluding hydrogens is 340 g/mol. The van der Waals surface area contributed by atoms with Gasteiger partial charge in [0, 0.05) is 23.9 Å². The molecule has 1 aliphatic carbocycles. The minimum atomic E-state index is -0.397. The minimum Gasteiger partial charge on any atom is -0.318 e. The van der Waals surface area contributed by atoms with Gasteiger partial charge in [-0.25, -0.2) is 0 Å². The summed E-state index contributed by atoms with van der Waals surface area (Å²) in [6.07, 6.45) is 5.43. The molecule has 2 heterocycles. The van der Waals surface area contributed by atoms with Crippen LogP contribution in [0.15, 0.2) is 42.7 Å². The van der Waals surface area contributed by atoms with Gasteiger partial charge in [-0.2, -0.15) is 15.5 Å². The molecule has 3 aromatic rings. The Hall–Kier alpha value is -3.40. The SMILES string of the molecule is CC1(C#N)CCc2c(C(=O)Nc3cnn(Cc4ccccc4)c3)n[nH]c2C1. The van der Waals surface area contributed by atoms with Gasteiger partial charge < -0.3 is 5.32 Å². The van der Waals surface area contributed by atoms with E-state index in [-0.39, 0.29) is 5.91 Å². The first-order valence-corrected chi connectivity index (χ1v) is 8.91. The highest BCUT2D eigenvalue weighted by atomic mass is 16.2. The molecule has 7 heteroatoms. The van der Waals surface area contributed by atoms with Crippen LogP contribution in [0, 0.1) is 16.7 Å². The van der Waals surface area contributed by atoms with Crippen LogP contribution < -0.4 is 5.32 Å². The second-order valence-electron chi connectivity index (χ2n) is 7.24. The van der Waals surface area contributed by atoms with E-state index in [1.54, 1.807) is 17.1 Å². The van der Waals surface area contributed by atoms with Gasteiger partial charge in [0.1, 0.15) is 0 Å². The Morgan fingerprint density at radius 2 is 2.22 bits per heavy atom. The van der Waals surface area contributed by atoms with E-state index in [9.17, 15) is 10.1 Å². The first-order valence-electron chi connectivity index (χ1n) is 8.91. The van der Waals surface area contributed by atoms with E-state index in [0.717, 1.165) is 23.2 Å². The molecule has 0 radical (unpaired) electrons. The smallest absolute Gasteiger partial charge is 0.276 e. The number of amides is 1. The van der Waals surface area contributed by atoms with Crippen LogP contribution in [0.2, 0.25) is 0 Å². The normalized spacial score (nSPS) is 18.5.